The molecular formula is C19H14ClNO2. The first kappa shape index (κ1) is 14.2. The molecule has 0 bridgehead atoms. The van der Waals surface area contributed by atoms with Crippen LogP contribution in [0.2, 0.25) is 5.02 Å². The van der Waals surface area contributed by atoms with Crippen molar-refractivity contribution in [1.82, 2.24) is 5.32 Å². The molecule has 2 atom stereocenters. The molecule has 0 aromatic heterocycles. The fourth-order valence-electron chi connectivity index (χ4n) is 3.12. The van der Waals surface area contributed by atoms with Crippen molar-refractivity contribution in [2.75, 3.05) is 0 Å². The summed E-state index contributed by atoms with van der Waals surface area (Å²) in [6.45, 7) is 0. The molecule has 1 aliphatic rings. The topological polar surface area (TPSA) is 38.3 Å². The summed E-state index contributed by atoms with van der Waals surface area (Å²) in [6.07, 6.45) is 0.0760. The smallest absolute Gasteiger partial charge is 0.207 e. The largest absolute Gasteiger partial charge is 0.468 e. The first-order valence-electron chi connectivity index (χ1n) is 7.42. The molecule has 4 heteroatoms. The Morgan fingerprint density at radius 3 is 2.61 bits per heavy atom. The fourth-order valence-corrected chi connectivity index (χ4v) is 3.36. The Morgan fingerprint density at radius 2 is 1.78 bits per heavy atom. The van der Waals surface area contributed by atoms with Gasteiger partial charge >= 0.3 is 0 Å². The predicted molar refractivity (Wildman–Crippen MR) is 90.9 cm³/mol. The molecule has 2 unspecified atom stereocenters. The number of aldehydes is 1. The molecule has 0 fully saturated rings. The summed E-state index contributed by atoms with van der Waals surface area (Å²) in [7, 11) is 0. The van der Waals surface area contributed by atoms with Crippen LogP contribution in [0.4, 0.5) is 0 Å². The summed E-state index contributed by atoms with van der Waals surface area (Å²) in [6, 6.07) is 19.5. The molecule has 0 aliphatic carbocycles. The lowest BCUT2D eigenvalue weighted by atomic mass is 9.91. The van der Waals surface area contributed by atoms with Gasteiger partial charge in [-0.3, -0.25) is 10.1 Å². The monoisotopic (exact) mass is 323 g/mol. The highest BCUT2D eigenvalue weighted by Gasteiger charge is 2.31. The summed E-state index contributed by atoms with van der Waals surface area (Å²) in [4.78, 5) is 11.3. The van der Waals surface area contributed by atoms with Crippen LogP contribution in [-0.2, 0) is 4.79 Å². The average Bonchev–Trinajstić information content (AvgIpc) is 2.61. The number of fused-ring (bicyclic) bond motifs is 3. The van der Waals surface area contributed by atoms with E-state index in [1.807, 2.05) is 48.5 Å². The highest BCUT2D eigenvalue weighted by molar-refractivity contribution is 6.31. The van der Waals surface area contributed by atoms with Crippen LogP contribution in [0.15, 0.2) is 60.7 Å². The summed E-state index contributed by atoms with van der Waals surface area (Å²) in [5.74, 6) is 0.712. The second kappa shape index (κ2) is 5.69. The molecule has 0 saturated carbocycles. The number of halogens is 1. The van der Waals surface area contributed by atoms with Gasteiger partial charge in [0.05, 0.1) is 6.04 Å². The summed E-state index contributed by atoms with van der Waals surface area (Å²) >= 11 is 6.40. The zero-order valence-electron chi connectivity index (χ0n) is 12.2. The van der Waals surface area contributed by atoms with Crippen molar-refractivity contribution in [1.29, 1.82) is 0 Å². The van der Waals surface area contributed by atoms with E-state index in [-0.39, 0.29) is 6.04 Å². The Bertz CT molecular complexity index is 893. The predicted octanol–water partition coefficient (Wildman–Crippen LogP) is 4.09. The molecule has 3 nitrogen and oxygen atoms in total. The molecule has 4 rings (SSSR count). The van der Waals surface area contributed by atoms with Crippen LogP contribution < -0.4 is 10.1 Å². The lowest BCUT2D eigenvalue weighted by Crippen LogP contribution is -2.43. The third-order valence-electron chi connectivity index (χ3n) is 4.14. The molecule has 1 N–H and O–H groups in total. The van der Waals surface area contributed by atoms with Crippen LogP contribution >= 0.6 is 11.6 Å². The number of benzene rings is 3. The van der Waals surface area contributed by atoms with Crippen molar-refractivity contribution in [3.05, 3.63) is 76.8 Å². The normalized spacial score (nSPS) is 19.9. The van der Waals surface area contributed by atoms with Gasteiger partial charge in [-0.1, -0.05) is 60.1 Å². The maximum Gasteiger partial charge on any atom is 0.207 e. The number of ether oxygens (including phenoxy) is 1. The van der Waals surface area contributed by atoms with Gasteiger partial charge in [0.25, 0.3) is 0 Å². The molecule has 1 heterocycles. The summed E-state index contributed by atoms with van der Waals surface area (Å²) in [5.41, 5.74) is 1.94. The molecule has 3 aromatic carbocycles. The second-order valence-electron chi connectivity index (χ2n) is 5.49. The lowest BCUT2D eigenvalue weighted by molar-refractivity contribution is -0.115. The lowest BCUT2D eigenvalue weighted by Gasteiger charge is -2.32. The molecule has 0 saturated heterocycles. The highest BCUT2D eigenvalue weighted by atomic mass is 35.5. The van der Waals surface area contributed by atoms with E-state index in [0.29, 0.717) is 10.8 Å². The molecule has 1 aliphatic heterocycles. The van der Waals surface area contributed by atoms with Crippen molar-refractivity contribution in [2.45, 2.75) is 12.3 Å². The fraction of sp³-hybridized carbons (Fsp3) is 0.105. The number of carbonyl (C=O) groups is 1. The summed E-state index contributed by atoms with van der Waals surface area (Å²) < 4.78 is 5.76. The SMILES string of the molecule is O=CC1NC(c2ccccc2Cl)c2c(ccc3ccccc23)O1. The standard InChI is InChI=1S/C19H14ClNO2/c20-15-8-4-3-7-14(15)19-18-13-6-2-1-5-12(13)9-10-16(18)23-17(11-22)21-19/h1-11,17,19,21H. The number of nitrogens with one attached hydrogen (secondary N) is 1. The van der Waals surface area contributed by atoms with Crippen molar-refractivity contribution < 1.29 is 9.53 Å². The van der Waals surface area contributed by atoms with E-state index >= 15 is 0 Å². The Kier molecular flexibility index (Phi) is 3.52. The van der Waals surface area contributed by atoms with Crippen molar-refractivity contribution in [3.8, 4) is 5.75 Å². The van der Waals surface area contributed by atoms with Crippen LogP contribution in [0, 0.1) is 0 Å². The van der Waals surface area contributed by atoms with E-state index in [1.165, 1.54) is 0 Å². The van der Waals surface area contributed by atoms with Gasteiger partial charge in [-0.25, -0.2) is 0 Å². The van der Waals surface area contributed by atoms with Gasteiger partial charge in [-0.05, 0) is 28.5 Å². The Balaban J connectivity index is 1.99. The van der Waals surface area contributed by atoms with E-state index < -0.39 is 6.23 Å². The molecule has 0 spiro atoms. The third kappa shape index (κ3) is 2.38. The average molecular weight is 324 g/mol. The first-order chi connectivity index (χ1) is 11.3. The van der Waals surface area contributed by atoms with Gasteiger partial charge in [0.2, 0.25) is 6.23 Å². The minimum absolute atomic E-state index is 0.200. The Morgan fingerprint density at radius 1 is 1.00 bits per heavy atom. The minimum Gasteiger partial charge on any atom is -0.468 e. The van der Waals surface area contributed by atoms with E-state index in [1.54, 1.807) is 0 Å². The Labute approximate surface area is 138 Å². The molecule has 3 aromatic rings. The maximum atomic E-state index is 11.3. The first-order valence-corrected chi connectivity index (χ1v) is 7.80. The van der Waals surface area contributed by atoms with Gasteiger partial charge in [-0.15, -0.1) is 0 Å². The molecule has 114 valence electrons. The van der Waals surface area contributed by atoms with Crippen molar-refractivity contribution in [2.24, 2.45) is 0 Å². The third-order valence-corrected chi connectivity index (χ3v) is 4.49. The zero-order valence-corrected chi connectivity index (χ0v) is 13.0. The molecule has 0 radical (unpaired) electrons. The van der Waals surface area contributed by atoms with Crippen LogP contribution in [0.25, 0.3) is 10.8 Å². The highest BCUT2D eigenvalue weighted by Crippen LogP contribution is 2.41. The van der Waals surface area contributed by atoms with Gasteiger partial charge in [0.1, 0.15) is 5.75 Å². The van der Waals surface area contributed by atoms with Gasteiger partial charge in [0, 0.05) is 10.6 Å². The van der Waals surface area contributed by atoms with Crippen LogP contribution in [-0.4, -0.2) is 12.5 Å². The number of rotatable bonds is 2. The molecular weight excluding hydrogens is 310 g/mol. The quantitative estimate of drug-likeness (QED) is 0.722. The van der Waals surface area contributed by atoms with Gasteiger partial charge < -0.3 is 4.74 Å². The van der Waals surface area contributed by atoms with E-state index in [2.05, 4.69) is 17.4 Å². The van der Waals surface area contributed by atoms with Crippen molar-refractivity contribution in [3.63, 3.8) is 0 Å². The number of hydrogen-bond acceptors (Lipinski definition) is 3. The van der Waals surface area contributed by atoms with Gasteiger partial charge in [0.15, 0.2) is 6.29 Å². The van der Waals surface area contributed by atoms with Crippen LogP contribution in [0.1, 0.15) is 17.2 Å². The maximum absolute atomic E-state index is 11.3. The molecule has 23 heavy (non-hydrogen) atoms. The minimum atomic E-state index is -0.690. The van der Waals surface area contributed by atoms with Gasteiger partial charge in [-0.2, -0.15) is 0 Å². The van der Waals surface area contributed by atoms with E-state index in [9.17, 15) is 4.79 Å². The second-order valence-corrected chi connectivity index (χ2v) is 5.90. The van der Waals surface area contributed by atoms with E-state index in [4.69, 9.17) is 16.3 Å². The Hall–Kier alpha value is -2.36. The number of carbonyl (C=O) groups excluding carboxylic acids is 1. The van der Waals surface area contributed by atoms with E-state index in [0.717, 1.165) is 28.2 Å². The summed E-state index contributed by atoms with van der Waals surface area (Å²) in [5, 5.41) is 6.11. The number of hydrogen-bond donors (Lipinski definition) is 1. The molecule has 0 amide bonds. The zero-order chi connectivity index (χ0) is 15.8. The van der Waals surface area contributed by atoms with Crippen LogP contribution in [0.5, 0.6) is 5.75 Å². The van der Waals surface area contributed by atoms with Crippen LogP contribution in [0.3, 0.4) is 0 Å². The van der Waals surface area contributed by atoms with Crippen molar-refractivity contribution >= 4 is 28.7 Å².